The Labute approximate surface area is 182 Å². The summed E-state index contributed by atoms with van der Waals surface area (Å²) in [5, 5.41) is 9.18. The maximum atomic E-state index is 12.8. The summed E-state index contributed by atoms with van der Waals surface area (Å²) in [7, 11) is 1.88. The van der Waals surface area contributed by atoms with E-state index in [2.05, 4.69) is 10.4 Å². The van der Waals surface area contributed by atoms with Crippen molar-refractivity contribution >= 4 is 39.1 Å². The molecular formula is C22H18ClN3O3S. The standard InChI is InChI=1S/C22H18ClN3O3S/c1-26-22-16(20(25-26)13-6-8-14(23)9-7-13)10-19(30-22)21(27)24-11-15-12-28-17-4-2-3-5-18(17)29-15/h2-10,15H,11-12H2,1H3,(H,24,27). The lowest BCUT2D eigenvalue weighted by molar-refractivity contribution is 0.0791. The van der Waals surface area contributed by atoms with Crippen LogP contribution in [-0.2, 0) is 7.05 Å². The molecule has 0 saturated heterocycles. The first-order chi connectivity index (χ1) is 14.6. The maximum Gasteiger partial charge on any atom is 0.261 e. The summed E-state index contributed by atoms with van der Waals surface area (Å²) in [6.45, 7) is 0.762. The molecule has 0 saturated carbocycles. The van der Waals surface area contributed by atoms with Gasteiger partial charge in [0.05, 0.1) is 11.4 Å². The van der Waals surface area contributed by atoms with Crippen LogP contribution >= 0.6 is 22.9 Å². The molecule has 30 heavy (non-hydrogen) atoms. The summed E-state index contributed by atoms with van der Waals surface area (Å²) in [4.78, 5) is 14.3. The third-order valence-corrected chi connectivity index (χ3v) is 6.36. The molecule has 1 aliphatic rings. The summed E-state index contributed by atoms with van der Waals surface area (Å²) in [6, 6.07) is 16.9. The van der Waals surface area contributed by atoms with Crippen LogP contribution < -0.4 is 14.8 Å². The number of benzene rings is 2. The van der Waals surface area contributed by atoms with Crippen molar-refractivity contribution in [1.82, 2.24) is 15.1 Å². The van der Waals surface area contributed by atoms with Gasteiger partial charge in [-0.05, 0) is 30.3 Å². The lowest BCUT2D eigenvalue weighted by Crippen LogP contribution is -2.40. The van der Waals surface area contributed by atoms with E-state index < -0.39 is 0 Å². The van der Waals surface area contributed by atoms with Crippen LogP contribution in [0.5, 0.6) is 11.5 Å². The second-order valence-electron chi connectivity index (χ2n) is 7.02. The smallest absolute Gasteiger partial charge is 0.261 e. The van der Waals surface area contributed by atoms with Crippen LogP contribution in [0.4, 0.5) is 0 Å². The number of hydrogen-bond acceptors (Lipinski definition) is 5. The molecule has 1 unspecified atom stereocenters. The first kappa shape index (κ1) is 19.0. The molecule has 0 spiro atoms. The average molecular weight is 440 g/mol. The monoisotopic (exact) mass is 439 g/mol. The van der Waals surface area contributed by atoms with E-state index in [-0.39, 0.29) is 12.0 Å². The zero-order valence-corrected chi connectivity index (χ0v) is 17.7. The fraction of sp³-hybridized carbons (Fsp3) is 0.182. The number of para-hydroxylation sites is 2. The molecule has 1 N–H and O–H groups in total. The molecule has 0 aliphatic carbocycles. The lowest BCUT2D eigenvalue weighted by atomic mass is 10.1. The van der Waals surface area contributed by atoms with E-state index >= 15 is 0 Å². The Hall–Kier alpha value is -3.03. The number of nitrogens with one attached hydrogen (secondary N) is 1. The van der Waals surface area contributed by atoms with E-state index in [0.29, 0.717) is 28.8 Å². The zero-order chi connectivity index (χ0) is 20.7. The van der Waals surface area contributed by atoms with Gasteiger partial charge in [0, 0.05) is 23.0 Å². The van der Waals surface area contributed by atoms with Crippen molar-refractivity contribution in [2.45, 2.75) is 6.10 Å². The van der Waals surface area contributed by atoms with Gasteiger partial charge < -0.3 is 14.8 Å². The molecule has 2 aromatic carbocycles. The van der Waals surface area contributed by atoms with Crippen LogP contribution in [0.3, 0.4) is 0 Å². The number of aromatic nitrogens is 2. The minimum Gasteiger partial charge on any atom is -0.486 e. The van der Waals surface area contributed by atoms with Crippen molar-refractivity contribution in [3.05, 3.63) is 64.5 Å². The molecule has 3 heterocycles. The van der Waals surface area contributed by atoms with E-state index in [9.17, 15) is 4.79 Å². The zero-order valence-electron chi connectivity index (χ0n) is 16.1. The second-order valence-corrected chi connectivity index (χ2v) is 8.48. The van der Waals surface area contributed by atoms with Crippen LogP contribution in [-0.4, -0.2) is 34.9 Å². The lowest BCUT2D eigenvalue weighted by Gasteiger charge is -2.26. The number of thiophene rings is 1. The highest BCUT2D eigenvalue weighted by Crippen LogP contribution is 2.34. The molecule has 0 radical (unpaired) electrons. The number of ether oxygens (including phenoxy) is 2. The number of amides is 1. The molecule has 2 aromatic heterocycles. The van der Waals surface area contributed by atoms with Crippen molar-refractivity contribution in [2.24, 2.45) is 7.05 Å². The normalized spacial score (nSPS) is 15.3. The highest BCUT2D eigenvalue weighted by molar-refractivity contribution is 7.20. The summed E-state index contributed by atoms with van der Waals surface area (Å²) in [5.74, 6) is 1.29. The molecular weight excluding hydrogens is 422 g/mol. The molecule has 6 nitrogen and oxygen atoms in total. The first-order valence-corrected chi connectivity index (χ1v) is 10.7. The minimum atomic E-state index is -0.232. The van der Waals surface area contributed by atoms with Gasteiger partial charge in [-0.3, -0.25) is 9.48 Å². The van der Waals surface area contributed by atoms with E-state index in [0.717, 1.165) is 27.2 Å². The van der Waals surface area contributed by atoms with E-state index in [1.807, 2.05) is 61.6 Å². The Morgan fingerprint density at radius 3 is 2.80 bits per heavy atom. The highest BCUT2D eigenvalue weighted by atomic mass is 35.5. The summed E-state index contributed by atoms with van der Waals surface area (Å²) in [5.41, 5.74) is 1.79. The topological polar surface area (TPSA) is 65.4 Å². The van der Waals surface area contributed by atoms with Gasteiger partial charge >= 0.3 is 0 Å². The van der Waals surface area contributed by atoms with Crippen molar-refractivity contribution in [2.75, 3.05) is 13.2 Å². The van der Waals surface area contributed by atoms with Gasteiger partial charge in [0.15, 0.2) is 11.5 Å². The van der Waals surface area contributed by atoms with Crippen molar-refractivity contribution < 1.29 is 14.3 Å². The Morgan fingerprint density at radius 2 is 2.00 bits per heavy atom. The van der Waals surface area contributed by atoms with Gasteiger partial charge in [-0.15, -0.1) is 11.3 Å². The summed E-state index contributed by atoms with van der Waals surface area (Å²) < 4.78 is 13.4. The molecule has 152 valence electrons. The number of rotatable bonds is 4. The van der Waals surface area contributed by atoms with Gasteiger partial charge in [-0.1, -0.05) is 35.9 Å². The Bertz CT molecular complexity index is 1230. The predicted molar refractivity (Wildman–Crippen MR) is 118 cm³/mol. The molecule has 1 aliphatic heterocycles. The maximum absolute atomic E-state index is 12.8. The van der Waals surface area contributed by atoms with Gasteiger partial charge in [0.25, 0.3) is 5.91 Å². The second kappa shape index (κ2) is 7.66. The number of fused-ring (bicyclic) bond motifs is 2. The Morgan fingerprint density at radius 1 is 1.23 bits per heavy atom. The van der Waals surface area contributed by atoms with Gasteiger partial charge in [0.1, 0.15) is 23.2 Å². The van der Waals surface area contributed by atoms with Gasteiger partial charge in [0.2, 0.25) is 0 Å². The fourth-order valence-electron chi connectivity index (χ4n) is 3.43. The molecule has 1 amide bonds. The Kier molecular flexibility index (Phi) is 4.84. The molecule has 1 atom stereocenters. The first-order valence-electron chi connectivity index (χ1n) is 9.47. The van der Waals surface area contributed by atoms with Gasteiger partial charge in [-0.2, -0.15) is 5.10 Å². The number of hydrogen-bond donors (Lipinski definition) is 1. The Balaban J connectivity index is 1.32. The highest BCUT2D eigenvalue weighted by Gasteiger charge is 2.23. The van der Waals surface area contributed by atoms with Crippen LogP contribution in [0.1, 0.15) is 9.67 Å². The van der Waals surface area contributed by atoms with Gasteiger partial charge in [-0.25, -0.2) is 0 Å². The largest absolute Gasteiger partial charge is 0.486 e. The quantitative estimate of drug-likeness (QED) is 0.507. The third kappa shape index (κ3) is 3.51. The third-order valence-electron chi connectivity index (χ3n) is 4.91. The van der Waals surface area contributed by atoms with E-state index in [1.54, 1.807) is 4.68 Å². The molecule has 4 aromatic rings. The van der Waals surface area contributed by atoms with Crippen molar-refractivity contribution in [3.8, 4) is 22.8 Å². The van der Waals surface area contributed by atoms with Crippen LogP contribution in [0.15, 0.2) is 54.6 Å². The molecule has 5 rings (SSSR count). The number of carbonyl (C=O) groups is 1. The van der Waals surface area contributed by atoms with Crippen LogP contribution in [0.2, 0.25) is 5.02 Å². The molecule has 0 fully saturated rings. The minimum absolute atomic E-state index is 0.138. The summed E-state index contributed by atoms with van der Waals surface area (Å²) >= 11 is 7.42. The van der Waals surface area contributed by atoms with E-state index in [4.69, 9.17) is 21.1 Å². The number of aryl methyl sites for hydroxylation is 1. The number of carbonyl (C=O) groups excluding carboxylic acids is 1. The van der Waals surface area contributed by atoms with Crippen LogP contribution in [0.25, 0.3) is 21.5 Å². The molecule has 8 heteroatoms. The summed E-state index contributed by atoms with van der Waals surface area (Å²) in [6.07, 6.45) is -0.232. The average Bonchev–Trinajstić information content (AvgIpc) is 3.33. The van der Waals surface area contributed by atoms with Crippen LogP contribution in [0, 0.1) is 0 Å². The van der Waals surface area contributed by atoms with E-state index in [1.165, 1.54) is 11.3 Å². The van der Waals surface area contributed by atoms with Crippen molar-refractivity contribution in [3.63, 3.8) is 0 Å². The number of nitrogens with zero attached hydrogens (tertiary/aromatic N) is 2. The fourth-order valence-corrected chi connectivity index (χ4v) is 4.55. The predicted octanol–water partition coefficient (Wildman–Crippen LogP) is 4.53. The molecule has 0 bridgehead atoms. The van der Waals surface area contributed by atoms with Crippen molar-refractivity contribution in [1.29, 1.82) is 0 Å². The SMILES string of the molecule is Cn1nc(-c2ccc(Cl)cc2)c2cc(C(=O)NCC3COc4ccccc4O3)sc21. The number of halogens is 1.